The number of ether oxygens (including phenoxy) is 1. The summed E-state index contributed by atoms with van der Waals surface area (Å²) in [6, 6.07) is 13.1. The number of carbonyl (C=O) groups is 1. The van der Waals surface area contributed by atoms with E-state index in [1.807, 2.05) is 0 Å². The maximum atomic E-state index is 12.6. The average Bonchev–Trinajstić information content (AvgIpc) is 2.96. The van der Waals surface area contributed by atoms with Crippen LogP contribution in [0.3, 0.4) is 0 Å². The van der Waals surface area contributed by atoms with E-state index in [0.29, 0.717) is 28.5 Å². The average molecular weight is 367 g/mol. The molecule has 2 N–H and O–H groups in total. The number of anilines is 1. The van der Waals surface area contributed by atoms with Crippen molar-refractivity contribution >= 4 is 17.4 Å². The second-order valence-electron chi connectivity index (χ2n) is 6.02. The van der Waals surface area contributed by atoms with Gasteiger partial charge < -0.3 is 4.74 Å². The molecule has 0 spiro atoms. The van der Waals surface area contributed by atoms with Crippen LogP contribution in [0.25, 0.3) is 11.3 Å². The second-order valence-corrected chi connectivity index (χ2v) is 6.02. The van der Waals surface area contributed by atoms with E-state index in [1.54, 1.807) is 65.9 Å². The standard InChI is InChI=1S/C19H18N4O4/c1-21-17(14-4-3-5-15(10-14)23(25)26)11-22(19(21)20)12-18(24)13-6-8-16(27-2)9-7-13/h3-11,20H,12H2,1-2H3/p+1. The fourth-order valence-electron chi connectivity index (χ4n) is 2.81. The highest BCUT2D eigenvalue weighted by Crippen LogP contribution is 2.24. The molecular formula is C19H19N4O4+. The number of imidazole rings is 1. The van der Waals surface area contributed by atoms with Gasteiger partial charge in [-0.25, -0.2) is 9.13 Å². The number of nitrogens with zero attached hydrogens (tertiary/aromatic N) is 3. The maximum absolute atomic E-state index is 12.6. The van der Waals surface area contributed by atoms with Crippen LogP contribution in [0.5, 0.6) is 5.75 Å². The van der Waals surface area contributed by atoms with E-state index < -0.39 is 4.92 Å². The Morgan fingerprint density at radius 3 is 2.59 bits per heavy atom. The summed E-state index contributed by atoms with van der Waals surface area (Å²) >= 11 is 0. The molecule has 2 aromatic carbocycles. The number of nitrogen functional groups attached to an aromatic ring is 1. The van der Waals surface area contributed by atoms with Crippen LogP contribution in [0.4, 0.5) is 11.6 Å². The van der Waals surface area contributed by atoms with E-state index in [1.165, 1.54) is 12.1 Å². The number of aromatic nitrogens is 2. The highest BCUT2D eigenvalue weighted by molar-refractivity contribution is 5.95. The molecule has 8 nitrogen and oxygen atoms in total. The lowest BCUT2D eigenvalue weighted by Crippen LogP contribution is -2.39. The quantitative estimate of drug-likeness (QED) is 0.312. The number of methoxy groups -OCH3 is 1. The largest absolute Gasteiger partial charge is 0.497 e. The Kier molecular flexibility index (Phi) is 4.89. The van der Waals surface area contributed by atoms with Gasteiger partial charge in [0.25, 0.3) is 5.69 Å². The first-order valence-corrected chi connectivity index (χ1v) is 8.17. The Balaban J connectivity index is 1.89. The minimum absolute atomic E-state index is 0.00636. The third kappa shape index (κ3) is 3.64. The van der Waals surface area contributed by atoms with Crippen molar-refractivity contribution in [2.75, 3.05) is 12.8 Å². The number of nitrogens with two attached hydrogens (primary N) is 1. The number of hydrogen-bond acceptors (Lipinski definition) is 5. The Morgan fingerprint density at radius 2 is 1.96 bits per heavy atom. The topological polar surface area (TPSA) is 104 Å². The van der Waals surface area contributed by atoms with Gasteiger partial charge in [-0.3, -0.25) is 20.6 Å². The summed E-state index contributed by atoms with van der Waals surface area (Å²) in [5.74, 6) is 0.940. The highest BCUT2D eigenvalue weighted by Gasteiger charge is 2.21. The van der Waals surface area contributed by atoms with Crippen molar-refractivity contribution < 1.29 is 19.0 Å². The first-order valence-electron chi connectivity index (χ1n) is 8.17. The van der Waals surface area contributed by atoms with Crippen LogP contribution in [0.1, 0.15) is 10.4 Å². The number of rotatable bonds is 6. The van der Waals surface area contributed by atoms with E-state index in [-0.39, 0.29) is 18.0 Å². The maximum Gasteiger partial charge on any atom is 0.355 e. The number of nitro groups is 1. The van der Waals surface area contributed by atoms with Crippen LogP contribution in [0.2, 0.25) is 0 Å². The smallest absolute Gasteiger partial charge is 0.355 e. The Labute approximate surface area is 155 Å². The zero-order valence-corrected chi connectivity index (χ0v) is 15.0. The molecule has 3 aromatic rings. The number of benzene rings is 2. The molecule has 0 aliphatic rings. The number of non-ortho nitro benzene ring substituents is 1. The summed E-state index contributed by atoms with van der Waals surface area (Å²) in [6.45, 7) is 0.0565. The fraction of sp³-hybridized carbons (Fsp3) is 0.158. The van der Waals surface area contributed by atoms with E-state index in [2.05, 4.69) is 0 Å². The predicted molar refractivity (Wildman–Crippen MR) is 99.4 cm³/mol. The molecule has 0 atom stereocenters. The van der Waals surface area contributed by atoms with Crippen molar-refractivity contribution in [3.8, 4) is 17.0 Å². The number of hydrogen-bond donors (Lipinski definition) is 1. The summed E-state index contributed by atoms with van der Waals surface area (Å²) in [4.78, 5) is 23.1. The van der Waals surface area contributed by atoms with E-state index in [0.717, 1.165) is 0 Å². The van der Waals surface area contributed by atoms with Crippen molar-refractivity contribution in [3.05, 3.63) is 70.4 Å². The lowest BCUT2D eigenvalue weighted by molar-refractivity contribution is -0.667. The van der Waals surface area contributed by atoms with Crippen LogP contribution in [0, 0.1) is 10.1 Å². The first kappa shape index (κ1) is 18.1. The molecular weight excluding hydrogens is 348 g/mol. The Morgan fingerprint density at radius 1 is 1.26 bits per heavy atom. The molecule has 0 unspecified atom stereocenters. The molecule has 0 aliphatic carbocycles. The third-order valence-electron chi connectivity index (χ3n) is 4.36. The molecule has 0 bridgehead atoms. The molecule has 0 fully saturated rings. The fourth-order valence-corrected chi connectivity index (χ4v) is 2.81. The van der Waals surface area contributed by atoms with Gasteiger partial charge in [0.05, 0.1) is 19.1 Å². The van der Waals surface area contributed by atoms with Crippen LogP contribution in [-0.2, 0) is 13.6 Å². The second kappa shape index (κ2) is 7.28. The van der Waals surface area contributed by atoms with Crippen molar-refractivity contribution in [3.63, 3.8) is 0 Å². The monoisotopic (exact) mass is 367 g/mol. The summed E-state index contributed by atoms with van der Waals surface area (Å²) in [5.41, 5.74) is 8.00. The Bertz CT molecular complexity index is 1010. The number of Topliss-reactive ketones (excluding diaryl/α,β-unsaturated/α-hetero) is 1. The van der Waals surface area contributed by atoms with Gasteiger partial charge in [-0.15, -0.1) is 0 Å². The van der Waals surface area contributed by atoms with Crippen LogP contribution >= 0.6 is 0 Å². The van der Waals surface area contributed by atoms with Crippen molar-refractivity contribution in [1.29, 1.82) is 0 Å². The van der Waals surface area contributed by atoms with Crippen molar-refractivity contribution in [1.82, 2.24) is 4.57 Å². The lowest BCUT2D eigenvalue weighted by Gasteiger charge is -2.02. The molecule has 138 valence electrons. The van der Waals surface area contributed by atoms with Gasteiger partial charge in [0.1, 0.15) is 24.2 Å². The molecule has 8 heteroatoms. The molecule has 0 saturated heterocycles. The summed E-state index contributed by atoms with van der Waals surface area (Å²) in [6.07, 6.45) is 1.72. The molecule has 1 heterocycles. The molecule has 0 aliphatic heterocycles. The normalized spacial score (nSPS) is 10.6. The van der Waals surface area contributed by atoms with Gasteiger partial charge in [-0.2, -0.15) is 0 Å². The summed E-state index contributed by atoms with van der Waals surface area (Å²) < 4.78 is 8.41. The van der Waals surface area contributed by atoms with Crippen LogP contribution in [0.15, 0.2) is 54.7 Å². The molecule has 0 amide bonds. The molecule has 0 radical (unpaired) electrons. The zero-order valence-electron chi connectivity index (χ0n) is 15.0. The highest BCUT2D eigenvalue weighted by atomic mass is 16.6. The van der Waals surface area contributed by atoms with Gasteiger partial charge in [0.15, 0.2) is 5.78 Å². The summed E-state index contributed by atoms with van der Waals surface area (Å²) in [7, 11) is 3.31. The van der Waals surface area contributed by atoms with Crippen molar-refractivity contribution in [2.24, 2.45) is 7.05 Å². The lowest BCUT2D eigenvalue weighted by atomic mass is 10.1. The minimum atomic E-state index is -0.447. The number of carbonyl (C=O) groups excluding carboxylic acids is 1. The first-order chi connectivity index (χ1) is 12.9. The predicted octanol–water partition coefficient (Wildman–Crippen LogP) is 2.36. The number of ketones is 1. The van der Waals surface area contributed by atoms with Crippen LogP contribution in [-0.4, -0.2) is 22.4 Å². The SMILES string of the molecule is COc1ccc(C(=O)C[n+]2cc(-c3cccc([N+](=O)[O-])c3)n(C)c2N)cc1. The summed E-state index contributed by atoms with van der Waals surface area (Å²) in [5, 5.41) is 11.0. The molecule has 3 rings (SSSR count). The van der Waals surface area contributed by atoms with E-state index >= 15 is 0 Å². The van der Waals surface area contributed by atoms with Gasteiger partial charge in [-0.1, -0.05) is 12.1 Å². The third-order valence-corrected chi connectivity index (χ3v) is 4.36. The molecule has 0 saturated carbocycles. The van der Waals surface area contributed by atoms with Gasteiger partial charge in [0, 0.05) is 23.3 Å². The van der Waals surface area contributed by atoms with Crippen molar-refractivity contribution in [2.45, 2.75) is 6.54 Å². The van der Waals surface area contributed by atoms with Gasteiger partial charge in [0.2, 0.25) is 0 Å². The van der Waals surface area contributed by atoms with Crippen LogP contribution < -0.4 is 15.0 Å². The van der Waals surface area contributed by atoms with E-state index in [9.17, 15) is 14.9 Å². The van der Waals surface area contributed by atoms with Gasteiger partial charge in [-0.05, 0) is 24.3 Å². The van der Waals surface area contributed by atoms with Gasteiger partial charge >= 0.3 is 5.95 Å². The molecule has 1 aromatic heterocycles. The minimum Gasteiger partial charge on any atom is -0.497 e. The number of nitro benzene ring substituents is 1. The van der Waals surface area contributed by atoms with E-state index in [4.69, 9.17) is 10.5 Å². The Hall–Kier alpha value is -3.68. The molecule has 27 heavy (non-hydrogen) atoms. The zero-order chi connectivity index (χ0) is 19.6.